The number of hydrogen-bond acceptors (Lipinski definition) is 6. The number of rotatable bonds is 5. The van der Waals surface area contributed by atoms with E-state index < -0.39 is 0 Å². The Bertz CT molecular complexity index is 1220. The van der Waals surface area contributed by atoms with Crippen LogP contribution in [0.15, 0.2) is 42.2 Å². The van der Waals surface area contributed by atoms with Gasteiger partial charge in [-0.15, -0.1) is 11.3 Å². The lowest BCUT2D eigenvalue weighted by molar-refractivity contribution is 0.281. The van der Waals surface area contributed by atoms with Crippen LogP contribution in [0.4, 0.5) is 11.4 Å². The number of nitriles is 1. The standard InChI is InChI=1S/C21H17N5OS/c1-13-17-6-7-24-19(17)5-4-18(13)26-21-14(9-23-10-15(21)8-22)2-3-16-12-28-20(11-27)25-16/h2-7,9-10,12,24,27H,11H2,1H3,(H,23,26). The number of anilines is 2. The Labute approximate surface area is 165 Å². The maximum absolute atomic E-state index is 9.55. The Kier molecular flexibility index (Phi) is 4.89. The van der Waals surface area contributed by atoms with Gasteiger partial charge in [-0.3, -0.25) is 4.98 Å². The molecule has 4 aromatic rings. The van der Waals surface area contributed by atoms with Crippen LogP contribution in [-0.2, 0) is 6.61 Å². The topological polar surface area (TPSA) is 97.6 Å². The maximum atomic E-state index is 9.55. The zero-order chi connectivity index (χ0) is 19.5. The van der Waals surface area contributed by atoms with E-state index >= 15 is 0 Å². The molecule has 6 nitrogen and oxygen atoms in total. The molecule has 28 heavy (non-hydrogen) atoms. The molecular formula is C21H17N5OS. The van der Waals surface area contributed by atoms with Gasteiger partial charge in [-0.1, -0.05) is 0 Å². The van der Waals surface area contributed by atoms with Crippen LogP contribution in [0, 0.1) is 18.3 Å². The van der Waals surface area contributed by atoms with E-state index in [9.17, 15) is 5.26 Å². The molecule has 3 heterocycles. The molecule has 0 spiro atoms. The van der Waals surface area contributed by atoms with E-state index in [1.165, 1.54) is 11.3 Å². The Morgan fingerprint density at radius 2 is 2.18 bits per heavy atom. The Morgan fingerprint density at radius 1 is 1.29 bits per heavy atom. The summed E-state index contributed by atoms with van der Waals surface area (Å²) >= 11 is 1.40. The van der Waals surface area contributed by atoms with E-state index in [1.54, 1.807) is 12.4 Å². The molecule has 0 unspecified atom stereocenters. The van der Waals surface area contributed by atoms with Crippen LogP contribution < -0.4 is 5.32 Å². The lowest BCUT2D eigenvalue weighted by Crippen LogP contribution is -1.99. The van der Waals surface area contributed by atoms with Crippen molar-refractivity contribution in [1.29, 1.82) is 5.26 Å². The van der Waals surface area contributed by atoms with Crippen LogP contribution in [0.2, 0.25) is 0 Å². The molecule has 0 aliphatic heterocycles. The predicted molar refractivity (Wildman–Crippen MR) is 112 cm³/mol. The van der Waals surface area contributed by atoms with Gasteiger partial charge in [0.2, 0.25) is 0 Å². The molecule has 0 aliphatic rings. The van der Waals surface area contributed by atoms with Gasteiger partial charge in [0.05, 0.1) is 23.6 Å². The summed E-state index contributed by atoms with van der Waals surface area (Å²) in [5.41, 5.74) is 5.80. The lowest BCUT2D eigenvalue weighted by atomic mass is 10.1. The minimum Gasteiger partial charge on any atom is -0.389 e. The highest BCUT2D eigenvalue weighted by atomic mass is 32.1. The average molecular weight is 387 g/mol. The summed E-state index contributed by atoms with van der Waals surface area (Å²) in [4.78, 5) is 11.7. The van der Waals surface area contributed by atoms with Crippen molar-refractivity contribution in [2.24, 2.45) is 0 Å². The Morgan fingerprint density at radius 3 is 2.96 bits per heavy atom. The fraction of sp³-hybridized carbons (Fsp3) is 0.0952. The first kappa shape index (κ1) is 17.9. The number of nitrogens with one attached hydrogen (secondary N) is 2. The first-order valence-corrected chi connectivity index (χ1v) is 9.52. The maximum Gasteiger partial charge on any atom is 0.119 e. The number of aryl methyl sites for hydroxylation is 1. The predicted octanol–water partition coefficient (Wildman–Crippen LogP) is 4.61. The van der Waals surface area contributed by atoms with Gasteiger partial charge in [-0.05, 0) is 42.8 Å². The summed E-state index contributed by atoms with van der Waals surface area (Å²) in [6, 6.07) is 8.25. The summed E-state index contributed by atoms with van der Waals surface area (Å²) in [5, 5.41) is 25.8. The highest BCUT2D eigenvalue weighted by molar-refractivity contribution is 7.09. The monoisotopic (exact) mass is 387 g/mol. The molecule has 0 amide bonds. The number of aliphatic hydroxyl groups excluding tert-OH is 1. The minimum atomic E-state index is -0.0717. The summed E-state index contributed by atoms with van der Waals surface area (Å²) in [5.74, 6) is 0. The molecule has 3 N–H and O–H groups in total. The zero-order valence-corrected chi connectivity index (χ0v) is 15.9. The molecule has 4 rings (SSSR count). The third-order valence-electron chi connectivity index (χ3n) is 4.50. The first-order chi connectivity index (χ1) is 13.7. The van der Waals surface area contributed by atoms with E-state index in [4.69, 9.17) is 5.11 Å². The smallest absolute Gasteiger partial charge is 0.119 e. The summed E-state index contributed by atoms with van der Waals surface area (Å²) in [6.45, 7) is 1.98. The number of aliphatic hydroxyl groups is 1. The van der Waals surface area contributed by atoms with Crippen LogP contribution in [0.25, 0.3) is 23.1 Å². The summed E-state index contributed by atoms with van der Waals surface area (Å²) in [7, 11) is 0. The van der Waals surface area contributed by atoms with Gasteiger partial charge in [0.1, 0.15) is 11.1 Å². The number of nitrogens with zero attached hydrogens (tertiary/aromatic N) is 3. The van der Waals surface area contributed by atoms with E-state index in [0.29, 0.717) is 16.3 Å². The number of aromatic amines is 1. The van der Waals surface area contributed by atoms with Crippen LogP contribution >= 0.6 is 11.3 Å². The van der Waals surface area contributed by atoms with Crippen LogP contribution in [-0.4, -0.2) is 20.1 Å². The molecular weight excluding hydrogens is 370 g/mol. The summed E-state index contributed by atoms with van der Waals surface area (Å²) in [6.07, 6.45) is 8.90. The van der Waals surface area contributed by atoms with Gasteiger partial charge >= 0.3 is 0 Å². The average Bonchev–Trinajstić information content (AvgIpc) is 3.38. The van der Waals surface area contributed by atoms with Crippen LogP contribution in [0.3, 0.4) is 0 Å². The van der Waals surface area contributed by atoms with E-state index in [0.717, 1.165) is 33.4 Å². The molecule has 3 aromatic heterocycles. The molecule has 0 saturated carbocycles. The molecule has 1 aromatic carbocycles. The van der Waals surface area contributed by atoms with Gasteiger partial charge < -0.3 is 15.4 Å². The van der Waals surface area contributed by atoms with Gasteiger partial charge in [0.15, 0.2) is 0 Å². The molecule has 138 valence electrons. The second kappa shape index (κ2) is 7.64. The van der Waals surface area contributed by atoms with E-state index in [2.05, 4.69) is 26.3 Å². The van der Waals surface area contributed by atoms with Gasteiger partial charge in [-0.25, -0.2) is 4.98 Å². The third-order valence-corrected chi connectivity index (χ3v) is 5.35. The normalized spacial score (nSPS) is 11.2. The SMILES string of the molecule is Cc1c(Nc2c(C#N)cncc2C=Cc2csc(CO)n2)ccc2[nH]ccc12. The first-order valence-electron chi connectivity index (χ1n) is 8.64. The number of hydrogen-bond donors (Lipinski definition) is 3. The van der Waals surface area contributed by atoms with Gasteiger partial charge in [0.25, 0.3) is 0 Å². The second-order valence-corrected chi connectivity index (χ2v) is 7.17. The molecule has 0 fully saturated rings. The van der Waals surface area contributed by atoms with Crippen molar-refractivity contribution in [3.63, 3.8) is 0 Å². The highest BCUT2D eigenvalue weighted by Crippen LogP contribution is 2.31. The number of thiazole rings is 1. The van der Waals surface area contributed by atoms with Crippen molar-refractivity contribution < 1.29 is 5.11 Å². The second-order valence-electron chi connectivity index (χ2n) is 6.22. The van der Waals surface area contributed by atoms with Crippen molar-refractivity contribution in [3.05, 3.63) is 69.6 Å². The number of pyridine rings is 1. The molecule has 0 radical (unpaired) electrons. The van der Waals surface area contributed by atoms with Gasteiger partial charge in [-0.2, -0.15) is 5.26 Å². The van der Waals surface area contributed by atoms with E-state index in [-0.39, 0.29) is 6.61 Å². The molecule has 0 atom stereocenters. The van der Waals surface area contributed by atoms with Crippen molar-refractivity contribution >= 4 is 45.8 Å². The Balaban J connectivity index is 1.73. The molecule has 0 aliphatic carbocycles. The van der Waals surface area contributed by atoms with Crippen molar-refractivity contribution in [2.75, 3.05) is 5.32 Å². The van der Waals surface area contributed by atoms with E-state index in [1.807, 2.05) is 48.9 Å². The number of fused-ring (bicyclic) bond motifs is 1. The number of aromatic nitrogens is 3. The Hall–Kier alpha value is -3.47. The lowest BCUT2D eigenvalue weighted by Gasteiger charge is -2.14. The zero-order valence-electron chi connectivity index (χ0n) is 15.1. The fourth-order valence-corrected chi connectivity index (χ4v) is 3.65. The number of H-pyrrole nitrogens is 1. The molecule has 0 saturated heterocycles. The molecule has 7 heteroatoms. The quantitative estimate of drug-likeness (QED) is 0.465. The highest BCUT2D eigenvalue weighted by Gasteiger charge is 2.11. The van der Waals surface area contributed by atoms with Gasteiger partial charge in [0, 0.05) is 46.1 Å². The largest absolute Gasteiger partial charge is 0.389 e. The van der Waals surface area contributed by atoms with Crippen LogP contribution in [0.1, 0.15) is 27.4 Å². The summed E-state index contributed by atoms with van der Waals surface area (Å²) < 4.78 is 0. The van der Waals surface area contributed by atoms with Crippen molar-refractivity contribution in [2.45, 2.75) is 13.5 Å². The number of benzene rings is 1. The van der Waals surface area contributed by atoms with Crippen LogP contribution in [0.5, 0.6) is 0 Å². The van der Waals surface area contributed by atoms with Crippen molar-refractivity contribution in [1.82, 2.24) is 15.0 Å². The minimum absolute atomic E-state index is 0.0717. The molecule has 0 bridgehead atoms. The fourth-order valence-electron chi connectivity index (χ4n) is 3.03. The van der Waals surface area contributed by atoms with Crippen molar-refractivity contribution in [3.8, 4) is 6.07 Å². The third kappa shape index (κ3) is 3.39.